The largest absolute Gasteiger partial charge is 0.364 e. The first-order valence-corrected chi connectivity index (χ1v) is 6.55. The molecular formula is C12H11BrClNO2. The zero-order chi connectivity index (χ0) is 12.4. The number of aromatic nitrogens is 1. The first kappa shape index (κ1) is 12.6. The van der Waals surface area contributed by atoms with E-state index >= 15 is 0 Å². The summed E-state index contributed by atoms with van der Waals surface area (Å²) in [5.41, 5.74) is 1.46. The molecule has 0 aliphatic rings. The van der Waals surface area contributed by atoms with Gasteiger partial charge in [-0.15, -0.1) is 0 Å². The molecule has 0 atom stereocenters. The van der Waals surface area contributed by atoms with Gasteiger partial charge in [0.15, 0.2) is 5.78 Å². The Kier molecular flexibility index (Phi) is 3.86. The lowest BCUT2D eigenvalue weighted by atomic mass is 10.1. The van der Waals surface area contributed by atoms with Crippen LogP contribution in [0.2, 0.25) is 5.15 Å². The number of benzene rings is 1. The highest BCUT2D eigenvalue weighted by Crippen LogP contribution is 2.30. The van der Waals surface area contributed by atoms with Gasteiger partial charge in [-0.25, -0.2) is 0 Å². The topological polar surface area (TPSA) is 31.2 Å². The number of alkyl halides is 1. The van der Waals surface area contributed by atoms with E-state index in [2.05, 4.69) is 15.9 Å². The number of carbonyl (C=O) groups is 1. The van der Waals surface area contributed by atoms with Gasteiger partial charge in [0.1, 0.15) is 11.9 Å². The van der Waals surface area contributed by atoms with Gasteiger partial charge in [0.25, 0.3) is 0 Å². The first-order valence-electron chi connectivity index (χ1n) is 5.05. The summed E-state index contributed by atoms with van der Waals surface area (Å²) in [7, 11) is 1.59. The number of fused-ring (bicyclic) bond motifs is 1. The lowest BCUT2D eigenvalue weighted by molar-refractivity contribution is 0.102. The summed E-state index contributed by atoms with van der Waals surface area (Å²) < 4.78 is 6.88. The molecule has 0 N–H and O–H groups in total. The molecular weight excluding hydrogens is 305 g/mol. The minimum absolute atomic E-state index is 0.0268. The third-order valence-corrected chi connectivity index (χ3v) is 3.47. The van der Waals surface area contributed by atoms with Gasteiger partial charge in [-0.2, -0.15) is 0 Å². The van der Waals surface area contributed by atoms with Crippen LogP contribution in [-0.4, -0.2) is 22.8 Å². The Morgan fingerprint density at radius 2 is 2.18 bits per heavy atom. The maximum atomic E-state index is 11.9. The molecule has 1 heterocycles. The highest BCUT2D eigenvalue weighted by molar-refractivity contribution is 9.09. The minimum Gasteiger partial charge on any atom is -0.364 e. The molecule has 2 rings (SSSR count). The summed E-state index contributed by atoms with van der Waals surface area (Å²) >= 11 is 9.42. The number of ether oxygens (including phenoxy) is 1. The van der Waals surface area contributed by atoms with Crippen molar-refractivity contribution in [1.82, 2.24) is 4.57 Å². The fraction of sp³-hybridized carbons (Fsp3) is 0.250. The van der Waals surface area contributed by atoms with Crippen LogP contribution in [-0.2, 0) is 11.5 Å². The molecule has 0 amide bonds. The summed E-state index contributed by atoms with van der Waals surface area (Å²) in [4.78, 5) is 11.9. The summed E-state index contributed by atoms with van der Waals surface area (Å²) in [6.07, 6.45) is 0. The number of para-hydroxylation sites is 1. The number of nitrogens with zero attached hydrogens (tertiary/aromatic N) is 1. The molecule has 0 saturated carbocycles. The number of carbonyl (C=O) groups excluding carboxylic acids is 1. The van der Waals surface area contributed by atoms with Crippen LogP contribution in [0, 0.1) is 0 Å². The van der Waals surface area contributed by atoms with E-state index < -0.39 is 0 Å². The van der Waals surface area contributed by atoms with Crippen LogP contribution >= 0.6 is 27.5 Å². The van der Waals surface area contributed by atoms with Gasteiger partial charge >= 0.3 is 0 Å². The molecule has 1 aromatic carbocycles. The third kappa shape index (κ3) is 2.12. The van der Waals surface area contributed by atoms with E-state index in [1.54, 1.807) is 11.7 Å². The molecule has 0 unspecified atom stereocenters. The Hall–Kier alpha value is -0.840. The summed E-state index contributed by atoms with van der Waals surface area (Å²) in [6, 6.07) is 7.61. The van der Waals surface area contributed by atoms with Crippen molar-refractivity contribution >= 4 is 44.2 Å². The second-order valence-corrected chi connectivity index (χ2v) is 4.50. The monoisotopic (exact) mass is 315 g/mol. The van der Waals surface area contributed by atoms with Crippen molar-refractivity contribution in [3.63, 3.8) is 0 Å². The number of hydrogen-bond donors (Lipinski definition) is 0. The van der Waals surface area contributed by atoms with Crippen LogP contribution in [0.15, 0.2) is 24.3 Å². The van der Waals surface area contributed by atoms with Gasteiger partial charge in [0.05, 0.1) is 16.4 Å². The number of halogens is 2. The van der Waals surface area contributed by atoms with Crippen LogP contribution in [0.5, 0.6) is 0 Å². The Morgan fingerprint density at radius 1 is 1.47 bits per heavy atom. The zero-order valence-electron chi connectivity index (χ0n) is 9.24. The van der Waals surface area contributed by atoms with Gasteiger partial charge in [-0.1, -0.05) is 45.7 Å². The average Bonchev–Trinajstić information content (AvgIpc) is 2.63. The van der Waals surface area contributed by atoms with Crippen LogP contribution in [0.3, 0.4) is 0 Å². The van der Waals surface area contributed by atoms with E-state index in [1.165, 1.54) is 0 Å². The van der Waals surface area contributed by atoms with E-state index in [4.69, 9.17) is 16.3 Å². The lowest BCUT2D eigenvalue weighted by Gasteiger charge is -2.04. The smallest absolute Gasteiger partial charge is 0.177 e. The molecule has 0 fully saturated rings. The highest BCUT2D eigenvalue weighted by atomic mass is 79.9. The van der Waals surface area contributed by atoms with Crippen molar-refractivity contribution < 1.29 is 9.53 Å². The maximum Gasteiger partial charge on any atom is 0.177 e. The molecule has 0 aliphatic carbocycles. The molecule has 0 spiro atoms. The van der Waals surface area contributed by atoms with Crippen molar-refractivity contribution in [2.24, 2.45) is 0 Å². The highest BCUT2D eigenvalue weighted by Gasteiger charge is 2.19. The van der Waals surface area contributed by atoms with E-state index in [9.17, 15) is 4.79 Å². The van der Waals surface area contributed by atoms with E-state index in [-0.39, 0.29) is 11.1 Å². The van der Waals surface area contributed by atoms with Crippen molar-refractivity contribution in [2.75, 3.05) is 12.4 Å². The molecule has 2 aromatic rings. The minimum atomic E-state index is -0.0268. The van der Waals surface area contributed by atoms with Crippen molar-refractivity contribution in [3.8, 4) is 0 Å². The van der Waals surface area contributed by atoms with Gasteiger partial charge in [0, 0.05) is 12.5 Å². The summed E-state index contributed by atoms with van der Waals surface area (Å²) in [5, 5.41) is 1.55. The fourth-order valence-corrected chi connectivity index (χ4v) is 2.49. The second kappa shape index (κ2) is 5.21. The lowest BCUT2D eigenvalue weighted by Crippen LogP contribution is -2.03. The quantitative estimate of drug-likeness (QED) is 0.639. The van der Waals surface area contributed by atoms with Gasteiger partial charge in [0.2, 0.25) is 0 Å². The Morgan fingerprint density at radius 3 is 2.82 bits per heavy atom. The second-order valence-electron chi connectivity index (χ2n) is 3.59. The fourth-order valence-electron chi connectivity index (χ4n) is 1.86. The number of Topliss-reactive ketones (excluding diaryl/α,β-unsaturated/α-hetero) is 1. The van der Waals surface area contributed by atoms with Gasteiger partial charge in [-0.3, -0.25) is 4.79 Å². The van der Waals surface area contributed by atoms with Crippen LogP contribution in [0.4, 0.5) is 0 Å². The number of hydrogen-bond acceptors (Lipinski definition) is 2. The number of methoxy groups -OCH3 is 1. The summed E-state index contributed by atoms with van der Waals surface area (Å²) in [6.45, 7) is 0.328. The molecule has 17 heavy (non-hydrogen) atoms. The van der Waals surface area contributed by atoms with E-state index in [1.807, 2.05) is 24.3 Å². The summed E-state index contributed by atoms with van der Waals surface area (Å²) in [5.74, 6) is -0.0268. The van der Waals surface area contributed by atoms with Crippen LogP contribution in [0.1, 0.15) is 10.4 Å². The Labute approximate surface area is 112 Å². The molecule has 0 bridgehead atoms. The predicted octanol–water partition coefficient (Wildman–Crippen LogP) is 3.48. The first-order chi connectivity index (χ1) is 8.20. The molecule has 90 valence electrons. The van der Waals surface area contributed by atoms with Crippen LogP contribution in [0.25, 0.3) is 10.9 Å². The SMILES string of the molecule is COCn1c(Cl)c(C(=O)CBr)c2ccccc21. The number of rotatable bonds is 4. The maximum absolute atomic E-state index is 11.9. The Balaban J connectivity index is 2.74. The Bertz CT molecular complexity index is 565. The molecule has 3 nitrogen and oxygen atoms in total. The van der Waals surface area contributed by atoms with Crippen LogP contribution < -0.4 is 0 Å². The predicted molar refractivity (Wildman–Crippen MR) is 72.1 cm³/mol. The molecule has 0 aliphatic heterocycles. The number of ketones is 1. The standard InChI is InChI=1S/C12H11BrClNO2/c1-17-7-15-9-5-3-2-4-8(9)11(12(15)14)10(16)6-13/h2-5H,6-7H2,1H3. The third-order valence-electron chi connectivity index (χ3n) is 2.57. The van der Waals surface area contributed by atoms with E-state index in [0.29, 0.717) is 17.4 Å². The molecule has 1 aromatic heterocycles. The van der Waals surface area contributed by atoms with E-state index in [0.717, 1.165) is 10.9 Å². The molecule has 0 saturated heterocycles. The van der Waals surface area contributed by atoms with Crippen molar-refractivity contribution in [1.29, 1.82) is 0 Å². The van der Waals surface area contributed by atoms with Crippen molar-refractivity contribution in [2.45, 2.75) is 6.73 Å². The molecule has 5 heteroatoms. The zero-order valence-corrected chi connectivity index (χ0v) is 11.6. The average molecular weight is 317 g/mol. The van der Waals surface area contributed by atoms with Crippen molar-refractivity contribution in [3.05, 3.63) is 35.0 Å². The van der Waals surface area contributed by atoms with Gasteiger partial charge < -0.3 is 9.30 Å². The van der Waals surface area contributed by atoms with Gasteiger partial charge in [-0.05, 0) is 6.07 Å². The molecule has 0 radical (unpaired) electrons. The normalized spacial score (nSPS) is 11.0.